The van der Waals surface area contributed by atoms with Gasteiger partial charge in [0.1, 0.15) is 11.5 Å². The Hall–Kier alpha value is -2.39. The summed E-state index contributed by atoms with van der Waals surface area (Å²) in [5.74, 6) is 0.798. The molecular formula is C18H20N2O5S2. The molecule has 144 valence electrons. The quantitative estimate of drug-likeness (QED) is 0.788. The summed E-state index contributed by atoms with van der Waals surface area (Å²) >= 11 is 1.54. The molecule has 2 N–H and O–H groups in total. The number of carbonyl (C=O) groups is 1. The van der Waals surface area contributed by atoms with E-state index in [0.717, 1.165) is 4.90 Å². The van der Waals surface area contributed by atoms with Crippen LogP contribution in [0.3, 0.4) is 0 Å². The molecule has 3 rings (SSSR count). The third-order valence-corrected chi connectivity index (χ3v) is 6.50. The zero-order chi connectivity index (χ0) is 19.6. The normalized spacial score (nSPS) is 16.7. The van der Waals surface area contributed by atoms with Gasteiger partial charge in [0.05, 0.1) is 30.5 Å². The molecule has 0 bridgehead atoms. The van der Waals surface area contributed by atoms with Crippen LogP contribution in [0, 0.1) is 0 Å². The molecule has 0 aliphatic carbocycles. The highest BCUT2D eigenvalue weighted by atomic mass is 32.2. The van der Waals surface area contributed by atoms with E-state index < -0.39 is 10.0 Å². The monoisotopic (exact) mass is 408 g/mol. The fourth-order valence-corrected chi connectivity index (χ4v) is 4.80. The number of carbonyl (C=O) groups excluding carboxylic acids is 1. The number of amides is 1. The molecule has 1 aliphatic rings. The van der Waals surface area contributed by atoms with Gasteiger partial charge in [0.25, 0.3) is 10.0 Å². The van der Waals surface area contributed by atoms with Gasteiger partial charge >= 0.3 is 0 Å². The molecule has 0 fully saturated rings. The minimum Gasteiger partial charge on any atom is -0.497 e. The van der Waals surface area contributed by atoms with Crippen molar-refractivity contribution in [3.63, 3.8) is 0 Å². The lowest BCUT2D eigenvalue weighted by atomic mass is 10.3. The number of rotatable bonds is 5. The van der Waals surface area contributed by atoms with Crippen LogP contribution in [-0.2, 0) is 14.8 Å². The van der Waals surface area contributed by atoms with Crippen LogP contribution in [0.15, 0.2) is 46.2 Å². The van der Waals surface area contributed by atoms with Gasteiger partial charge in [-0.15, -0.1) is 11.8 Å². The zero-order valence-electron chi connectivity index (χ0n) is 15.1. The average Bonchev–Trinajstić information content (AvgIpc) is 2.76. The van der Waals surface area contributed by atoms with Gasteiger partial charge in [-0.25, -0.2) is 8.42 Å². The Bertz CT molecular complexity index is 953. The summed E-state index contributed by atoms with van der Waals surface area (Å²) < 4.78 is 38.5. The van der Waals surface area contributed by atoms with E-state index in [4.69, 9.17) is 9.47 Å². The maximum absolute atomic E-state index is 12.8. The number of anilines is 2. The first kappa shape index (κ1) is 19.4. The molecule has 1 heterocycles. The van der Waals surface area contributed by atoms with Crippen LogP contribution in [0.5, 0.6) is 11.5 Å². The molecule has 7 nitrogen and oxygen atoms in total. The van der Waals surface area contributed by atoms with Gasteiger partial charge < -0.3 is 14.8 Å². The molecule has 2 aromatic rings. The fraction of sp³-hybridized carbons (Fsp3) is 0.278. The van der Waals surface area contributed by atoms with Gasteiger partial charge in [0.15, 0.2) is 0 Å². The molecule has 1 atom stereocenters. The Morgan fingerprint density at radius 3 is 2.41 bits per heavy atom. The van der Waals surface area contributed by atoms with E-state index >= 15 is 0 Å². The van der Waals surface area contributed by atoms with Gasteiger partial charge in [0.2, 0.25) is 5.91 Å². The standard InChI is InChI=1S/C18H20N2O5S2/c1-11-6-18(21)19-16-10-15(4-5-17(16)26-11)27(22,23)20-12-7-13(24-2)9-14(8-12)25-3/h4-5,7-11,20H,6H2,1-3H3,(H,19,21)/t11-/m0/s1. The summed E-state index contributed by atoms with van der Waals surface area (Å²) in [6.45, 7) is 1.96. The third-order valence-electron chi connectivity index (χ3n) is 3.94. The highest BCUT2D eigenvalue weighted by Gasteiger charge is 2.22. The summed E-state index contributed by atoms with van der Waals surface area (Å²) in [6, 6.07) is 9.47. The molecule has 9 heteroatoms. The van der Waals surface area contributed by atoms with Crippen molar-refractivity contribution in [1.29, 1.82) is 0 Å². The Labute approximate surface area is 162 Å². The number of hydrogen-bond acceptors (Lipinski definition) is 6. The van der Waals surface area contributed by atoms with Gasteiger partial charge in [0, 0.05) is 34.8 Å². The lowest BCUT2D eigenvalue weighted by Crippen LogP contribution is -2.15. The van der Waals surface area contributed by atoms with E-state index in [1.807, 2.05) is 6.92 Å². The molecule has 0 unspecified atom stereocenters. The van der Waals surface area contributed by atoms with Gasteiger partial charge in [-0.05, 0) is 18.2 Å². The van der Waals surface area contributed by atoms with Crippen LogP contribution in [0.4, 0.5) is 11.4 Å². The molecule has 0 radical (unpaired) electrons. The largest absolute Gasteiger partial charge is 0.497 e. The number of benzene rings is 2. The molecule has 1 amide bonds. The predicted molar refractivity (Wildman–Crippen MR) is 105 cm³/mol. The van der Waals surface area contributed by atoms with Crippen molar-refractivity contribution < 1.29 is 22.7 Å². The Morgan fingerprint density at radius 2 is 1.78 bits per heavy atom. The van der Waals surface area contributed by atoms with Crippen molar-refractivity contribution in [1.82, 2.24) is 0 Å². The van der Waals surface area contributed by atoms with Crippen molar-refractivity contribution in [2.24, 2.45) is 0 Å². The SMILES string of the molecule is COc1cc(NS(=O)(=O)c2ccc3c(c2)NC(=O)C[C@H](C)S3)cc(OC)c1. The molecule has 2 aromatic carbocycles. The highest BCUT2D eigenvalue weighted by molar-refractivity contribution is 8.00. The second-order valence-electron chi connectivity index (χ2n) is 6.05. The van der Waals surface area contributed by atoms with E-state index in [9.17, 15) is 13.2 Å². The lowest BCUT2D eigenvalue weighted by Gasteiger charge is -2.13. The van der Waals surface area contributed by atoms with Crippen LogP contribution < -0.4 is 19.5 Å². The molecule has 0 saturated carbocycles. The molecule has 1 aliphatic heterocycles. The number of methoxy groups -OCH3 is 2. The molecule has 27 heavy (non-hydrogen) atoms. The molecular weight excluding hydrogens is 388 g/mol. The van der Waals surface area contributed by atoms with Crippen LogP contribution in [0.25, 0.3) is 0 Å². The summed E-state index contributed by atoms with van der Waals surface area (Å²) in [7, 11) is -0.887. The first-order valence-electron chi connectivity index (χ1n) is 8.17. The molecule has 0 spiro atoms. The van der Waals surface area contributed by atoms with Crippen LogP contribution in [0.1, 0.15) is 13.3 Å². The second-order valence-corrected chi connectivity index (χ2v) is 9.21. The topological polar surface area (TPSA) is 93.7 Å². The predicted octanol–water partition coefficient (Wildman–Crippen LogP) is 3.33. The first-order valence-corrected chi connectivity index (χ1v) is 10.5. The summed E-state index contributed by atoms with van der Waals surface area (Å²) in [5, 5.41) is 2.90. The van der Waals surface area contributed by atoms with Gasteiger partial charge in [-0.1, -0.05) is 6.92 Å². The minimum atomic E-state index is -3.86. The van der Waals surface area contributed by atoms with Gasteiger partial charge in [-0.2, -0.15) is 0 Å². The van der Waals surface area contributed by atoms with Crippen LogP contribution in [0.2, 0.25) is 0 Å². The maximum atomic E-state index is 12.8. The number of hydrogen-bond donors (Lipinski definition) is 2. The Morgan fingerprint density at radius 1 is 1.11 bits per heavy atom. The third kappa shape index (κ3) is 4.48. The molecule has 0 saturated heterocycles. The number of thioether (sulfide) groups is 1. The summed E-state index contributed by atoms with van der Waals surface area (Å²) in [6.07, 6.45) is 0.378. The summed E-state index contributed by atoms with van der Waals surface area (Å²) in [4.78, 5) is 12.8. The van der Waals surface area contributed by atoms with Crippen molar-refractivity contribution in [2.75, 3.05) is 24.3 Å². The Kier molecular flexibility index (Phi) is 5.52. The van der Waals surface area contributed by atoms with Crippen LogP contribution >= 0.6 is 11.8 Å². The van der Waals surface area contributed by atoms with Gasteiger partial charge in [-0.3, -0.25) is 9.52 Å². The van der Waals surface area contributed by atoms with Crippen molar-refractivity contribution in [3.8, 4) is 11.5 Å². The zero-order valence-corrected chi connectivity index (χ0v) is 16.7. The molecule has 0 aromatic heterocycles. The fourth-order valence-electron chi connectivity index (χ4n) is 2.68. The average molecular weight is 409 g/mol. The highest BCUT2D eigenvalue weighted by Crippen LogP contribution is 2.36. The van der Waals surface area contributed by atoms with E-state index in [1.54, 1.807) is 24.3 Å². The van der Waals surface area contributed by atoms with Crippen molar-refractivity contribution in [3.05, 3.63) is 36.4 Å². The van der Waals surface area contributed by atoms with E-state index in [1.165, 1.54) is 38.1 Å². The lowest BCUT2D eigenvalue weighted by molar-refractivity contribution is -0.116. The first-order chi connectivity index (χ1) is 12.8. The Balaban J connectivity index is 1.93. The van der Waals surface area contributed by atoms with Crippen molar-refractivity contribution in [2.45, 2.75) is 28.4 Å². The number of nitrogens with one attached hydrogen (secondary N) is 2. The minimum absolute atomic E-state index is 0.0542. The van der Waals surface area contributed by atoms with E-state index in [0.29, 0.717) is 29.3 Å². The number of ether oxygens (including phenoxy) is 2. The maximum Gasteiger partial charge on any atom is 0.261 e. The number of sulfonamides is 1. The number of fused-ring (bicyclic) bond motifs is 1. The van der Waals surface area contributed by atoms with E-state index in [-0.39, 0.29) is 16.1 Å². The summed E-state index contributed by atoms with van der Waals surface area (Å²) in [5.41, 5.74) is 0.814. The van der Waals surface area contributed by atoms with Crippen LogP contribution in [-0.4, -0.2) is 33.8 Å². The second kappa shape index (κ2) is 7.69. The smallest absolute Gasteiger partial charge is 0.261 e. The van der Waals surface area contributed by atoms with E-state index in [2.05, 4.69) is 10.0 Å². The van der Waals surface area contributed by atoms with Crippen molar-refractivity contribution >= 4 is 39.1 Å².